The van der Waals surface area contributed by atoms with Crippen LogP contribution in [-0.2, 0) is 26.2 Å². The molecule has 0 bridgehead atoms. The van der Waals surface area contributed by atoms with E-state index in [1.165, 1.54) is 29.2 Å². The highest BCUT2D eigenvalue weighted by atomic mass is 32.2. The second-order valence-corrected chi connectivity index (χ2v) is 12.2. The highest BCUT2D eigenvalue weighted by Gasteiger charge is 2.33. The van der Waals surface area contributed by atoms with Gasteiger partial charge in [0.05, 0.1) is 10.6 Å². The Morgan fingerprint density at radius 1 is 0.925 bits per heavy atom. The smallest absolute Gasteiger partial charge is 0.264 e. The van der Waals surface area contributed by atoms with Crippen LogP contribution in [0.5, 0.6) is 0 Å². The molecule has 7 nitrogen and oxygen atoms in total. The van der Waals surface area contributed by atoms with Crippen LogP contribution in [0.4, 0.5) is 10.1 Å². The molecule has 0 radical (unpaired) electrons. The first kappa shape index (κ1) is 30.8. The first-order chi connectivity index (χ1) is 18.9. The average molecular weight is 568 g/mol. The molecule has 0 fully saturated rings. The van der Waals surface area contributed by atoms with Gasteiger partial charge in [0.15, 0.2) is 0 Å². The first-order valence-corrected chi connectivity index (χ1v) is 14.8. The fourth-order valence-electron chi connectivity index (χ4n) is 4.32. The molecule has 3 rings (SSSR count). The molecule has 1 N–H and O–H groups in total. The van der Waals surface area contributed by atoms with E-state index in [4.69, 9.17) is 0 Å². The molecule has 3 aromatic rings. The number of sulfonamides is 1. The molecule has 1 atom stereocenters. The molecule has 0 saturated carbocycles. The van der Waals surface area contributed by atoms with Gasteiger partial charge < -0.3 is 10.2 Å². The van der Waals surface area contributed by atoms with Crippen molar-refractivity contribution in [3.8, 4) is 0 Å². The molecule has 2 amide bonds. The van der Waals surface area contributed by atoms with Gasteiger partial charge in [-0.05, 0) is 68.1 Å². The SMILES string of the molecule is CC[C@H](C(=O)NCC(C)C)N(Cc1cccc(C)c1)C(=O)CN(c1ccc(F)cc1)S(=O)(=O)c1ccc(C)cc1. The second kappa shape index (κ2) is 13.6. The summed E-state index contributed by atoms with van der Waals surface area (Å²) in [5, 5.41) is 2.91. The Labute approximate surface area is 237 Å². The maximum absolute atomic E-state index is 14.0. The van der Waals surface area contributed by atoms with Gasteiger partial charge in [-0.15, -0.1) is 0 Å². The van der Waals surface area contributed by atoms with Crippen molar-refractivity contribution < 1.29 is 22.4 Å². The van der Waals surface area contributed by atoms with Crippen molar-refractivity contribution in [3.05, 3.63) is 95.3 Å². The van der Waals surface area contributed by atoms with E-state index in [0.29, 0.717) is 13.0 Å². The number of rotatable bonds is 12. The van der Waals surface area contributed by atoms with Crippen molar-refractivity contribution in [2.24, 2.45) is 5.92 Å². The highest BCUT2D eigenvalue weighted by molar-refractivity contribution is 7.92. The number of nitrogens with one attached hydrogen (secondary N) is 1. The van der Waals surface area contributed by atoms with Gasteiger partial charge in [0, 0.05) is 13.1 Å². The van der Waals surface area contributed by atoms with Crippen molar-refractivity contribution in [2.75, 3.05) is 17.4 Å². The van der Waals surface area contributed by atoms with Gasteiger partial charge in [0.1, 0.15) is 18.4 Å². The number of hydrogen-bond acceptors (Lipinski definition) is 4. The predicted octanol–water partition coefficient (Wildman–Crippen LogP) is 5.22. The topological polar surface area (TPSA) is 86.8 Å². The van der Waals surface area contributed by atoms with Crippen LogP contribution in [0.1, 0.15) is 43.9 Å². The Morgan fingerprint density at radius 3 is 2.15 bits per heavy atom. The minimum absolute atomic E-state index is 0.00202. The predicted molar refractivity (Wildman–Crippen MR) is 156 cm³/mol. The lowest BCUT2D eigenvalue weighted by Crippen LogP contribution is -2.52. The lowest BCUT2D eigenvalue weighted by atomic mass is 10.1. The maximum atomic E-state index is 14.0. The van der Waals surface area contributed by atoms with Crippen molar-refractivity contribution in [1.82, 2.24) is 10.2 Å². The fourth-order valence-corrected chi connectivity index (χ4v) is 5.74. The van der Waals surface area contributed by atoms with Crippen molar-refractivity contribution in [2.45, 2.75) is 58.5 Å². The quantitative estimate of drug-likeness (QED) is 0.325. The largest absolute Gasteiger partial charge is 0.354 e. The zero-order valence-electron chi connectivity index (χ0n) is 23.7. The number of anilines is 1. The molecular formula is C31H38FN3O4S. The molecule has 0 heterocycles. The highest BCUT2D eigenvalue weighted by Crippen LogP contribution is 2.25. The van der Waals surface area contributed by atoms with Crippen LogP contribution in [0.15, 0.2) is 77.7 Å². The van der Waals surface area contributed by atoms with Crippen LogP contribution in [-0.4, -0.2) is 44.3 Å². The number of aryl methyl sites for hydroxylation is 2. The number of carbonyl (C=O) groups excluding carboxylic acids is 2. The van der Waals surface area contributed by atoms with Gasteiger partial charge >= 0.3 is 0 Å². The summed E-state index contributed by atoms with van der Waals surface area (Å²) >= 11 is 0. The second-order valence-electron chi connectivity index (χ2n) is 10.4. The summed E-state index contributed by atoms with van der Waals surface area (Å²) in [6.45, 7) is 9.56. The standard InChI is InChI=1S/C31H38FN3O4S/c1-6-29(31(37)33-19-22(2)3)34(20-25-9-7-8-24(5)18-25)30(36)21-35(27-14-12-26(32)13-15-27)40(38,39)28-16-10-23(4)11-17-28/h7-18,22,29H,6,19-21H2,1-5H3,(H,33,37)/t29-/m1/s1. The Balaban J connectivity index is 2.04. The van der Waals surface area contributed by atoms with Gasteiger partial charge in [-0.3, -0.25) is 13.9 Å². The molecule has 3 aromatic carbocycles. The van der Waals surface area contributed by atoms with Crippen molar-refractivity contribution in [3.63, 3.8) is 0 Å². The van der Waals surface area contributed by atoms with E-state index in [1.54, 1.807) is 12.1 Å². The molecule has 0 aliphatic rings. The van der Waals surface area contributed by atoms with Gasteiger partial charge in [0.25, 0.3) is 10.0 Å². The Bertz CT molecular complexity index is 1410. The minimum Gasteiger partial charge on any atom is -0.354 e. The number of halogens is 1. The Morgan fingerprint density at radius 2 is 1.57 bits per heavy atom. The molecule has 40 heavy (non-hydrogen) atoms. The van der Waals surface area contributed by atoms with Crippen molar-refractivity contribution in [1.29, 1.82) is 0 Å². The van der Waals surface area contributed by atoms with Crippen LogP contribution in [0.3, 0.4) is 0 Å². The van der Waals surface area contributed by atoms with E-state index >= 15 is 0 Å². The molecule has 9 heteroatoms. The molecular weight excluding hydrogens is 529 g/mol. The normalized spacial score (nSPS) is 12.2. The van der Waals surface area contributed by atoms with Crippen LogP contribution in [0.2, 0.25) is 0 Å². The molecule has 0 spiro atoms. The summed E-state index contributed by atoms with van der Waals surface area (Å²) in [4.78, 5) is 28.7. The van der Waals surface area contributed by atoms with Crippen LogP contribution >= 0.6 is 0 Å². The van der Waals surface area contributed by atoms with E-state index in [9.17, 15) is 22.4 Å². The number of hydrogen-bond donors (Lipinski definition) is 1. The fraction of sp³-hybridized carbons (Fsp3) is 0.355. The van der Waals surface area contributed by atoms with Gasteiger partial charge in [-0.2, -0.15) is 0 Å². The van der Waals surface area contributed by atoms with Crippen molar-refractivity contribution >= 4 is 27.5 Å². The van der Waals surface area contributed by atoms with E-state index in [2.05, 4.69) is 5.32 Å². The maximum Gasteiger partial charge on any atom is 0.264 e. The van der Waals surface area contributed by atoms with E-state index in [0.717, 1.165) is 33.1 Å². The van der Waals surface area contributed by atoms with E-state index < -0.39 is 34.3 Å². The van der Waals surface area contributed by atoms with Crippen LogP contribution in [0.25, 0.3) is 0 Å². The van der Waals surface area contributed by atoms with E-state index in [1.807, 2.05) is 58.9 Å². The zero-order chi connectivity index (χ0) is 29.4. The summed E-state index contributed by atoms with van der Waals surface area (Å²) in [5.74, 6) is -1.16. The van der Waals surface area contributed by atoms with Crippen LogP contribution in [0, 0.1) is 25.6 Å². The number of amides is 2. The molecule has 214 valence electrons. The Hall–Kier alpha value is -3.72. The zero-order valence-corrected chi connectivity index (χ0v) is 24.5. The summed E-state index contributed by atoms with van der Waals surface area (Å²) < 4.78 is 42.4. The minimum atomic E-state index is -4.20. The first-order valence-electron chi connectivity index (χ1n) is 13.4. The summed E-state index contributed by atoms with van der Waals surface area (Å²) in [5.41, 5.74) is 2.84. The number of benzene rings is 3. The third-order valence-corrected chi connectivity index (χ3v) is 8.30. The summed E-state index contributed by atoms with van der Waals surface area (Å²) in [6.07, 6.45) is 0.336. The average Bonchev–Trinajstić information content (AvgIpc) is 2.91. The number of nitrogens with zero attached hydrogens (tertiary/aromatic N) is 2. The monoisotopic (exact) mass is 567 g/mol. The number of carbonyl (C=O) groups is 2. The molecule has 0 aromatic heterocycles. The van der Waals surface area contributed by atoms with Gasteiger partial charge in [-0.1, -0.05) is 68.3 Å². The molecule has 0 unspecified atom stereocenters. The molecule has 0 aliphatic carbocycles. The lowest BCUT2D eigenvalue weighted by molar-refractivity contribution is -0.140. The lowest BCUT2D eigenvalue weighted by Gasteiger charge is -2.33. The van der Waals surface area contributed by atoms with Gasteiger partial charge in [0.2, 0.25) is 11.8 Å². The molecule has 0 saturated heterocycles. The molecule has 0 aliphatic heterocycles. The summed E-state index contributed by atoms with van der Waals surface area (Å²) in [7, 11) is -4.20. The van der Waals surface area contributed by atoms with Gasteiger partial charge in [-0.25, -0.2) is 12.8 Å². The van der Waals surface area contributed by atoms with Crippen LogP contribution < -0.4 is 9.62 Å². The summed E-state index contributed by atoms with van der Waals surface area (Å²) in [6, 6.07) is 18.0. The third kappa shape index (κ3) is 7.91. The Kier molecular flexibility index (Phi) is 10.5. The van der Waals surface area contributed by atoms with E-state index in [-0.39, 0.29) is 29.0 Å². The third-order valence-electron chi connectivity index (χ3n) is 6.51.